The molecule has 6 nitrogen and oxygen atoms in total. The van der Waals surface area contributed by atoms with E-state index in [1.807, 2.05) is 0 Å². The summed E-state index contributed by atoms with van der Waals surface area (Å²) in [6.45, 7) is 4.12. The molecule has 6 heteroatoms. The van der Waals surface area contributed by atoms with E-state index in [9.17, 15) is 15.2 Å². The quantitative estimate of drug-likeness (QED) is 0.380. The number of carbonyl (C=O) groups is 1. The van der Waals surface area contributed by atoms with Crippen molar-refractivity contribution in [2.45, 2.75) is 27.4 Å². The molecule has 1 heterocycles. The predicted octanol–water partition coefficient (Wildman–Crippen LogP) is -0.367. The van der Waals surface area contributed by atoms with Crippen molar-refractivity contribution in [1.29, 1.82) is 0 Å². The van der Waals surface area contributed by atoms with Crippen molar-refractivity contribution in [2.24, 2.45) is 0 Å². The number of hydrogen-bond donors (Lipinski definition) is 0. The third-order valence-electron chi connectivity index (χ3n) is 1.97. The summed E-state index contributed by atoms with van der Waals surface area (Å²) in [5, 5.41) is 22.7. The topological polar surface area (TPSA) is 80.2 Å². The zero-order chi connectivity index (χ0) is 11.6. The predicted molar refractivity (Wildman–Crippen MR) is 49.3 cm³/mol. The molecule has 0 radical (unpaired) electrons. The Bertz CT molecular complexity index is 404. The second kappa shape index (κ2) is 4.12. The van der Waals surface area contributed by atoms with Crippen molar-refractivity contribution >= 4 is 5.97 Å². The van der Waals surface area contributed by atoms with Crippen LogP contribution in [0.25, 0.3) is 0 Å². The lowest BCUT2D eigenvalue weighted by molar-refractivity contribution is -0.763. The average molecular weight is 212 g/mol. The first kappa shape index (κ1) is 11.2. The molecular formula is C9H12N2O4. The first-order valence-electron chi connectivity index (χ1n) is 4.39. The van der Waals surface area contributed by atoms with Gasteiger partial charge in [-0.2, -0.15) is 0 Å². The first-order chi connectivity index (χ1) is 6.93. The molecule has 0 saturated carbocycles. The fourth-order valence-corrected chi connectivity index (χ4v) is 1.18. The van der Waals surface area contributed by atoms with Gasteiger partial charge in [0.15, 0.2) is 6.61 Å². The van der Waals surface area contributed by atoms with E-state index in [0.717, 1.165) is 0 Å². The number of ether oxygens (including phenoxy) is 1. The number of aryl methyl sites for hydroxylation is 1. The van der Waals surface area contributed by atoms with Crippen LogP contribution in [0.5, 0.6) is 0 Å². The van der Waals surface area contributed by atoms with E-state index >= 15 is 0 Å². The Morgan fingerprint density at radius 3 is 2.53 bits per heavy atom. The Morgan fingerprint density at radius 2 is 2.00 bits per heavy atom. The fraction of sp³-hybridized carbons (Fsp3) is 0.444. The number of nitrogens with zero attached hydrogens (tertiary/aromatic N) is 2. The molecule has 1 aromatic rings. The third kappa shape index (κ3) is 2.34. The van der Waals surface area contributed by atoms with Crippen LogP contribution in [0.4, 0.5) is 0 Å². The van der Waals surface area contributed by atoms with Crippen molar-refractivity contribution in [1.82, 2.24) is 0 Å². The molecule has 0 saturated heterocycles. The standard InChI is InChI=1S/C9H12N2O4/c1-6-4-9(5-15-8(3)12)11(14)7(2)10(6)13/h4H,5H2,1-3H3. The maximum Gasteiger partial charge on any atom is 0.438 e. The molecule has 0 N–H and O–H groups in total. The average Bonchev–Trinajstić information content (AvgIpc) is 2.18. The van der Waals surface area contributed by atoms with E-state index < -0.39 is 5.97 Å². The highest BCUT2D eigenvalue weighted by Crippen LogP contribution is 1.98. The molecule has 0 amide bonds. The second-order valence-corrected chi connectivity index (χ2v) is 3.19. The number of carbonyl (C=O) groups excluding carboxylic acids is 1. The van der Waals surface area contributed by atoms with Gasteiger partial charge in [-0.3, -0.25) is 4.79 Å². The molecule has 1 rings (SSSR count). The lowest BCUT2D eigenvalue weighted by atomic mass is 10.3. The Labute approximate surface area is 86.9 Å². The van der Waals surface area contributed by atoms with Crippen LogP contribution in [0.1, 0.15) is 24.1 Å². The minimum atomic E-state index is -0.468. The Hall–Kier alpha value is -1.85. The van der Waals surface area contributed by atoms with Crippen LogP contribution in [0.15, 0.2) is 6.07 Å². The van der Waals surface area contributed by atoms with Crippen molar-refractivity contribution in [3.8, 4) is 0 Å². The first-order valence-corrected chi connectivity index (χ1v) is 4.39. The molecule has 0 aliphatic carbocycles. The van der Waals surface area contributed by atoms with Gasteiger partial charge in [-0.15, -0.1) is 9.46 Å². The highest BCUT2D eigenvalue weighted by molar-refractivity contribution is 5.65. The normalized spacial score (nSPS) is 10.1. The molecule has 15 heavy (non-hydrogen) atoms. The van der Waals surface area contributed by atoms with E-state index in [-0.39, 0.29) is 18.1 Å². The summed E-state index contributed by atoms with van der Waals surface area (Å²) in [5.74, 6) is -0.457. The molecule has 0 aliphatic rings. The summed E-state index contributed by atoms with van der Waals surface area (Å²) in [4.78, 5) is 10.6. The molecule has 0 aromatic carbocycles. The summed E-state index contributed by atoms with van der Waals surface area (Å²) in [6.07, 6.45) is 0. The van der Waals surface area contributed by atoms with Crippen molar-refractivity contribution in [3.63, 3.8) is 0 Å². The lowest BCUT2D eigenvalue weighted by Gasteiger charge is -2.08. The molecule has 0 spiro atoms. The van der Waals surface area contributed by atoms with Gasteiger partial charge in [0, 0.05) is 13.8 Å². The van der Waals surface area contributed by atoms with Crippen LogP contribution < -0.4 is 9.46 Å². The monoisotopic (exact) mass is 212 g/mol. The summed E-state index contributed by atoms with van der Waals surface area (Å²) in [7, 11) is 0. The molecule has 1 aromatic heterocycles. The van der Waals surface area contributed by atoms with Gasteiger partial charge in [-0.25, -0.2) is 0 Å². The number of aromatic nitrogens is 2. The smallest absolute Gasteiger partial charge is 0.438 e. The van der Waals surface area contributed by atoms with Gasteiger partial charge in [0.2, 0.25) is 11.4 Å². The van der Waals surface area contributed by atoms with Crippen LogP contribution in [0.2, 0.25) is 0 Å². The van der Waals surface area contributed by atoms with Crippen molar-refractivity contribution in [3.05, 3.63) is 33.7 Å². The molecule has 0 unspecified atom stereocenters. The zero-order valence-electron chi connectivity index (χ0n) is 8.81. The number of rotatable bonds is 2. The molecule has 0 atom stereocenters. The molecular weight excluding hydrogens is 200 g/mol. The van der Waals surface area contributed by atoms with Gasteiger partial charge < -0.3 is 15.2 Å². The molecule has 82 valence electrons. The van der Waals surface area contributed by atoms with Crippen LogP contribution in [-0.2, 0) is 16.1 Å². The highest BCUT2D eigenvalue weighted by Gasteiger charge is 2.20. The summed E-state index contributed by atoms with van der Waals surface area (Å²) >= 11 is 0. The van der Waals surface area contributed by atoms with Crippen LogP contribution in [-0.4, -0.2) is 5.97 Å². The Kier molecular flexibility index (Phi) is 3.08. The largest absolute Gasteiger partial charge is 0.614 e. The van der Waals surface area contributed by atoms with Gasteiger partial charge in [-0.05, 0) is 0 Å². The number of esters is 1. The Morgan fingerprint density at radius 1 is 1.40 bits per heavy atom. The number of hydrogen-bond acceptors (Lipinski definition) is 4. The fourth-order valence-electron chi connectivity index (χ4n) is 1.18. The van der Waals surface area contributed by atoms with Gasteiger partial charge in [-0.1, -0.05) is 0 Å². The van der Waals surface area contributed by atoms with E-state index in [2.05, 4.69) is 4.74 Å². The zero-order valence-corrected chi connectivity index (χ0v) is 8.81. The maximum absolute atomic E-state index is 11.5. The second-order valence-electron chi connectivity index (χ2n) is 3.19. The minimum Gasteiger partial charge on any atom is -0.614 e. The molecule has 0 fully saturated rings. The highest BCUT2D eigenvalue weighted by atomic mass is 16.5. The van der Waals surface area contributed by atoms with E-state index in [4.69, 9.17) is 0 Å². The summed E-state index contributed by atoms with van der Waals surface area (Å²) in [6, 6.07) is 1.40. The lowest BCUT2D eigenvalue weighted by Crippen LogP contribution is -2.50. The van der Waals surface area contributed by atoms with Crippen molar-refractivity contribution < 1.29 is 19.0 Å². The third-order valence-corrected chi connectivity index (χ3v) is 1.97. The van der Waals surface area contributed by atoms with E-state index in [1.54, 1.807) is 6.92 Å². The van der Waals surface area contributed by atoms with Crippen LogP contribution >= 0.6 is 0 Å². The Balaban J connectivity index is 3.04. The summed E-state index contributed by atoms with van der Waals surface area (Å²) < 4.78 is 5.68. The minimum absolute atomic E-state index is 0.0113. The SMILES string of the molecule is CC(=O)OCc1cc(C)[n+]([O-])c(C)[n+]1[O-]. The van der Waals surface area contributed by atoms with Gasteiger partial charge in [0.05, 0.1) is 13.0 Å². The van der Waals surface area contributed by atoms with Crippen LogP contribution in [0.3, 0.4) is 0 Å². The van der Waals surface area contributed by atoms with Gasteiger partial charge in [0.25, 0.3) is 0 Å². The van der Waals surface area contributed by atoms with Gasteiger partial charge >= 0.3 is 11.8 Å². The molecule has 0 bridgehead atoms. The van der Waals surface area contributed by atoms with Crippen molar-refractivity contribution in [2.75, 3.05) is 0 Å². The van der Waals surface area contributed by atoms with Gasteiger partial charge in [0.1, 0.15) is 0 Å². The van der Waals surface area contributed by atoms with Crippen LogP contribution in [0, 0.1) is 24.3 Å². The van der Waals surface area contributed by atoms with E-state index in [1.165, 1.54) is 19.9 Å². The molecule has 0 aliphatic heterocycles. The summed E-state index contributed by atoms with van der Waals surface area (Å²) in [5.41, 5.74) is 0.633. The maximum atomic E-state index is 11.5. The van der Waals surface area contributed by atoms with E-state index in [0.29, 0.717) is 15.2 Å².